The predicted molar refractivity (Wildman–Crippen MR) is 125 cm³/mol. The molecule has 0 saturated heterocycles. The molecule has 0 bridgehead atoms. The van der Waals surface area contributed by atoms with Gasteiger partial charge in [-0.25, -0.2) is 0 Å². The summed E-state index contributed by atoms with van der Waals surface area (Å²) in [4.78, 5) is 12.2. The first-order chi connectivity index (χ1) is 13.2. The molecule has 0 aromatic heterocycles. The fraction of sp³-hybridized carbons (Fsp3) is 0.600. The first kappa shape index (κ1) is 25.3. The van der Waals surface area contributed by atoms with E-state index in [0.717, 1.165) is 30.5 Å². The van der Waals surface area contributed by atoms with E-state index in [1.807, 2.05) is 31.2 Å². The van der Waals surface area contributed by atoms with Crippen molar-refractivity contribution in [3.05, 3.63) is 29.8 Å². The first-order valence-corrected chi connectivity index (χ1v) is 11.3. The number of unbranched alkanes of at least 4 members (excludes halogenated alkanes) is 6. The van der Waals surface area contributed by atoms with Crippen LogP contribution in [-0.4, -0.2) is 21.0 Å². The highest BCUT2D eigenvalue weighted by molar-refractivity contribution is 7.80. The molecule has 0 aliphatic carbocycles. The fourth-order valence-electron chi connectivity index (χ4n) is 2.68. The lowest BCUT2D eigenvalue weighted by atomic mass is 10.1. The Hall–Kier alpha value is -0.750. The minimum atomic E-state index is -1.74. The van der Waals surface area contributed by atoms with Crippen molar-refractivity contribution in [3.63, 3.8) is 0 Å². The van der Waals surface area contributed by atoms with Gasteiger partial charge in [0.2, 0.25) is 9.70 Å². The number of aryl methyl sites for hydroxylation is 1. The molecule has 8 heteroatoms. The van der Waals surface area contributed by atoms with Gasteiger partial charge in [0.15, 0.2) is 5.11 Å². The Labute approximate surface area is 189 Å². The molecule has 1 rings (SSSR count). The third-order valence-electron chi connectivity index (χ3n) is 4.31. The van der Waals surface area contributed by atoms with Gasteiger partial charge in [0, 0.05) is 12.1 Å². The molecule has 0 unspecified atom stereocenters. The van der Waals surface area contributed by atoms with Crippen molar-refractivity contribution < 1.29 is 4.79 Å². The van der Waals surface area contributed by atoms with E-state index >= 15 is 0 Å². The zero-order valence-corrected chi connectivity index (χ0v) is 19.6. The molecule has 1 amide bonds. The number of rotatable bonds is 11. The molecule has 3 N–H and O–H groups in total. The Balaban J connectivity index is 2.45. The summed E-state index contributed by atoms with van der Waals surface area (Å²) < 4.78 is -1.74. The average molecular weight is 467 g/mol. The number of hydrogen-bond acceptors (Lipinski definition) is 2. The highest BCUT2D eigenvalue weighted by Gasteiger charge is 2.34. The van der Waals surface area contributed by atoms with Gasteiger partial charge in [-0.15, -0.1) is 0 Å². The number of halogens is 3. The van der Waals surface area contributed by atoms with Gasteiger partial charge < -0.3 is 16.0 Å². The molecule has 28 heavy (non-hydrogen) atoms. The maximum Gasteiger partial charge on any atom is 0.228 e. The molecule has 0 spiro atoms. The molecule has 0 aliphatic rings. The van der Waals surface area contributed by atoms with Crippen molar-refractivity contribution in [2.24, 2.45) is 0 Å². The lowest BCUT2D eigenvalue weighted by molar-refractivity contribution is -0.122. The zero-order chi connectivity index (χ0) is 21.0. The minimum Gasteiger partial charge on any atom is -0.339 e. The third-order valence-corrected chi connectivity index (χ3v) is 5.18. The molecule has 158 valence electrons. The minimum absolute atomic E-state index is 0.170. The van der Waals surface area contributed by atoms with Crippen molar-refractivity contribution >= 4 is 63.7 Å². The molecule has 0 fully saturated rings. The number of carbonyl (C=O) groups excluding carboxylic acids is 1. The number of amides is 1. The van der Waals surface area contributed by atoms with Crippen LogP contribution < -0.4 is 16.0 Å². The van der Waals surface area contributed by atoms with Crippen LogP contribution >= 0.6 is 47.0 Å². The third kappa shape index (κ3) is 10.7. The summed E-state index contributed by atoms with van der Waals surface area (Å²) in [5, 5.41) is 8.93. The molecular formula is C20H30Cl3N3OS. The van der Waals surface area contributed by atoms with Crippen LogP contribution in [0.2, 0.25) is 0 Å². The second-order valence-corrected chi connectivity index (χ2v) is 9.60. The summed E-state index contributed by atoms with van der Waals surface area (Å²) in [6.07, 6.45) is 7.42. The molecule has 0 aliphatic heterocycles. The molecule has 0 heterocycles. The largest absolute Gasteiger partial charge is 0.339 e. The molecule has 4 nitrogen and oxygen atoms in total. The number of hydrogen-bond donors (Lipinski definition) is 3. The van der Waals surface area contributed by atoms with Gasteiger partial charge in [0.25, 0.3) is 0 Å². The van der Waals surface area contributed by atoms with E-state index < -0.39 is 9.96 Å². The van der Waals surface area contributed by atoms with E-state index in [1.165, 1.54) is 25.7 Å². The van der Waals surface area contributed by atoms with E-state index in [1.54, 1.807) is 0 Å². The number of thiocarbonyl (C=S) groups is 1. The Bertz CT molecular complexity index is 623. The van der Waals surface area contributed by atoms with Crippen LogP contribution in [0.25, 0.3) is 0 Å². The van der Waals surface area contributed by atoms with Crippen LogP contribution in [-0.2, 0) is 4.79 Å². The number of anilines is 1. The van der Waals surface area contributed by atoms with Crippen LogP contribution in [0.5, 0.6) is 0 Å². The van der Waals surface area contributed by atoms with Crippen LogP contribution in [0.1, 0.15) is 63.9 Å². The summed E-state index contributed by atoms with van der Waals surface area (Å²) in [7, 11) is 0. The number of para-hydroxylation sites is 1. The van der Waals surface area contributed by atoms with E-state index in [2.05, 4.69) is 22.9 Å². The standard InChI is InChI=1S/C20H30Cl3N3OS/c1-3-4-5-6-7-8-9-14-17(27)25-18(20(21,22)23)26-19(28)24-16-13-11-10-12-15(16)2/h10-13,18H,3-9,14H2,1-2H3,(H,25,27)(H2,24,26,28)/t18-/m0/s1. The normalized spacial score (nSPS) is 12.3. The van der Waals surface area contributed by atoms with Crippen molar-refractivity contribution in [1.82, 2.24) is 10.6 Å². The summed E-state index contributed by atoms with van der Waals surface area (Å²) in [5.74, 6) is -0.170. The monoisotopic (exact) mass is 465 g/mol. The van der Waals surface area contributed by atoms with Crippen molar-refractivity contribution in [2.45, 2.75) is 75.2 Å². The molecule has 0 radical (unpaired) electrons. The molecule has 1 aromatic rings. The number of benzene rings is 1. The van der Waals surface area contributed by atoms with Crippen LogP contribution in [0.4, 0.5) is 5.69 Å². The Kier molecular flexibility index (Phi) is 12.2. The van der Waals surface area contributed by atoms with Crippen LogP contribution in [0, 0.1) is 6.92 Å². The highest BCUT2D eigenvalue weighted by Crippen LogP contribution is 2.29. The summed E-state index contributed by atoms with van der Waals surface area (Å²) in [6, 6.07) is 7.69. The Morgan fingerprint density at radius 1 is 1.04 bits per heavy atom. The van der Waals surface area contributed by atoms with Crippen molar-refractivity contribution in [2.75, 3.05) is 5.32 Å². The number of nitrogens with one attached hydrogen (secondary N) is 3. The van der Waals surface area contributed by atoms with Crippen LogP contribution in [0.15, 0.2) is 24.3 Å². The van der Waals surface area contributed by atoms with Gasteiger partial charge >= 0.3 is 0 Å². The molecule has 1 aromatic carbocycles. The lowest BCUT2D eigenvalue weighted by Crippen LogP contribution is -2.56. The van der Waals surface area contributed by atoms with Crippen LogP contribution in [0.3, 0.4) is 0 Å². The lowest BCUT2D eigenvalue weighted by Gasteiger charge is -2.28. The summed E-state index contributed by atoms with van der Waals surface area (Å²) >= 11 is 23.4. The topological polar surface area (TPSA) is 53.2 Å². The van der Waals surface area contributed by atoms with Gasteiger partial charge in [-0.3, -0.25) is 4.79 Å². The van der Waals surface area contributed by atoms with Gasteiger partial charge in [-0.05, 0) is 37.2 Å². The molecule has 0 saturated carbocycles. The second-order valence-electron chi connectivity index (χ2n) is 6.83. The fourth-order valence-corrected chi connectivity index (χ4v) is 3.23. The number of alkyl halides is 3. The van der Waals surface area contributed by atoms with E-state index in [4.69, 9.17) is 47.0 Å². The zero-order valence-electron chi connectivity index (χ0n) is 16.5. The van der Waals surface area contributed by atoms with Crippen molar-refractivity contribution in [3.8, 4) is 0 Å². The maximum atomic E-state index is 12.2. The second kappa shape index (κ2) is 13.5. The van der Waals surface area contributed by atoms with E-state index in [9.17, 15) is 4.79 Å². The van der Waals surface area contributed by atoms with Crippen molar-refractivity contribution in [1.29, 1.82) is 0 Å². The SMILES string of the molecule is CCCCCCCCCC(=O)N[C@@H](NC(=S)Nc1ccccc1C)C(Cl)(Cl)Cl. The summed E-state index contributed by atoms with van der Waals surface area (Å²) in [5.41, 5.74) is 1.87. The quantitative estimate of drug-likeness (QED) is 0.156. The van der Waals surface area contributed by atoms with Gasteiger partial charge in [0.1, 0.15) is 6.17 Å². The molecule has 1 atom stereocenters. The van der Waals surface area contributed by atoms with E-state index in [-0.39, 0.29) is 11.0 Å². The highest BCUT2D eigenvalue weighted by atomic mass is 35.6. The first-order valence-electron chi connectivity index (χ1n) is 9.73. The average Bonchev–Trinajstić information content (AvgIpc) is 2.61. The van der Waals surface area contributed by atoms with Gasteiger partial charge in [0.05, 0.1) is 0 Å². The van der Waals surface area contributed by atoms with E-state index in [0.29, 0.717) is 6.42 Å². The van der Waals surface area contributed by atoms with Gasteiger partial charge in [-0.1, -0.05) is 98.5 Å². The Morgan fingerprint density at radius 2 is 1.64 bits per heavy atom. The maximum absolute atomic E-state index is 12.2. The smallest absolute Gasteiger partial charge is 0.228 e. The van der Waals surface area contributed by atoms with Gasteiger partial charge in [-0.2, -0.15) is 0 Å². The molecular weight excluding hydrogens is 437 g/mol. The summed E-state index contributed by atoms with van der Waals surface area (Å²) in [6.45, 7) is 4.16. The Morgan fingerprint density at radius 3 is 2.25 bits per heavy atom. The number of carbonyl (C=O) groups is 1. The predicted octanol–water partition coefficient (Wildman–Crippen LogP) is 6.23.